The van der Waals surface area contributed by atoms with Crippen molar-refractivity contribution in [1.29, 1.82) is 0 Å². The smallest absolute Gasteiger partial charge is 0.336 e. The van der Waals surface area contributed by atoms with E-state index >= 15 is 0 Å². The van der Waals surface area contributed by atoms with Gasteiger partial charge in [-0.05, 0) is 55.5 Å². The van der Waals surface area contributed by atoms with Crippen LogP contribution in [0.4, 0.5) is 0 Å². The molecule has 23 heavy (non-hydrogen) atoms. The molecule has 2 rings (SSSR count). The molecule has 1 aliphatic heterocycles. The molecule has 0 bridgehead atoms. The highest BCUT2D eigenvalue weighted by atomic mass is 35.5. The van der Waals surface area contributed by atoms with Crippen LogP contribution < -0.4 is 4.74 Å². The monoisotopic (exact) mass is 339 g/mol. The number of hydrogen-bond donors (Lipinski definition) is 1. The molecule has 1 atom stereocenters. The molecule has 0 aromatic heterocycles. The second-order valence-corrected chi connectivity index (χ2v) is 6.91. The highest BCUT2D eigenvalue weighted by Crippen LogP contribution is 2.23. The van der Waals surface area contributed by atoms with Gasteiger partial charge in [0.2, 0.25) is 0 Å². The number of hydrogen-bond acceptors (Lipinski definition) is 3. The molecular formula is C18H26ClNO3. The predicted octanol–water partition coefficient (Wildman–Crippen LogP) is 4.01. The van der Waals surface area contributed by atoms with Gasteiger partial charge in [0.05, 0.1) is 5.56 Å². The summed E-state index contributed by atoms with van der Waals surface area (Å²) in [6.45, 7) is 7.61. The lowest BCUT2D eigenvalue weighted by Gasteiger charge is -2.26. The Morgan fingerprint density at radius 3 is 2.87 bits per heavy atom. The number of benzene rings is 1. The van der Waals surface area contributed by atoms with E-state index in [1.165, 1.54) is 6.42 Å². The van der Waals surface area contributed by atoms with E-state index < -0.39 is 5.97 Å². The van der Waals surface area contributed by atoms with E-state index in [1.54, 1.807) is 18.2 Å². The third kappa shape index (κ3) is 5.40. The molecule has 1 fully saturated rings. The number of carboxylic acid groups (broad SMARTS) is 1. The lowest BCUT2D eigenvalue weighted by molar-refractivity contribution is 0.0696. The minimum Gasteiger partial charge on any atom is -0.489 e. The predicted molar refractivity (Wildman–Crippen MR) is 92.5 cm³/mol. The molecule has 128 valence electrons. The number of carboxylic acids is 1. The Labute approximate surface area is 143 Å². The minimum absolute atomic E-state index is 0.148. The van der Waals surface area contributed by atoms with Gasteiger partial charge in [0, 0.05) is 19.0 Å². The van der Waals surface area contributed by atoms with Gasteiger partial charge in [-0.3, -0.25) is 4.90 Å². The summed E-state index contributed by atoms with van der Waals surface area (Å²) in [5.41, 5.74) is 0.846. The molecule has 0 spiro atoms. The number of ether oxygens (including phenoxy) is 1. The third-order valence-corrected chi connectivity index (χ3v) is 4.38. The van der Waals surface area contributed by atoms with Crippen LogP contribution in [-0.2, 0) is 5.88 Å². The van der Waals surface area contributed by atoms with Gasteiger partial charge in [0.15, 0.2) is 0 Å². The maximum Gasteiger partial charge on any atom is 0.336 e. The van der Waals surface area contributed by atoms with Crippen molar-refractivity contribution in [1.82, 2.24) is 4.90 Å². The van der Waals surface area contributed by atoms with Crippen LogP contribution in [0.25, 0.3) is 0 Å². The number of carbonyl (C=O) groups is 1. The zero-order valence-electron chi connectivity index (χ0n) is 13.9. The SMILES string of the molecule is CC(C)CN1CCCC[C@@H](Oc2ccc(C(=O)O)c(CCl)c2)C1. The van der Waals surface area contributed by atoms with E-state index in [2.05, 4.69) is 18.7 Å². The molecule has 0 amide bonds. The second kappa shape index (κ2) is 8.55. The molecule has 5 heteroatoms. The topological polar surface area (TPSA) is 49.8 Å². The Bertz CT molecular complexity index is 533. The Kier molecular flexibility index (Phi) is 6.72. The molecule has 1 heterocycles. The lowest BCUT2D eigenvalue weighted by Crippen LogP contribution is -2.36. The summed E-state index contributed by atoms with van der Waals surface area (Å²) in [6.07, 6.45) is 3.55. The van der Waals surface area contributed by atoms with Crippen LogP contribution in [0.1, 0.15) is 49.0 Å². The average Bonchev–Trinajstić information content (AvgIpc) is 2.71. The van der Waals surface area contributed by atoms with E-state index in [1.807, 2.05) is 0 Å². The van der Waals surface area contributed by atoms with Crippen LogP contribution in [0.3, 0.4) is 0 Å². The van der Waals surface area contributed by atoms with E-state index in [4.69, 9.17) is 21.4 Å². The van der Waals surface area contributed by atoms with Crippen LogP contribution in [0.15, 0.2) is 18.2 Å². The molecule has 0 unspecified atom stereocenters. The maximum absolute atomic E-state index is 11.2. The molecule has 4 nitrogen and oxygen atoms in total. The van der Waals surface area contributed by atoms with Crippen LogP contribution in [0.2, 0.25) is 0 Å². The fraction of sp³-hybridized carbons (Fsp3) is 0.611. The molecule has 0 radical (unpaired) electrons. The van der Waals surface area contributed by atoms with Crippen molar-refractivity contribution in [3.63, 3.8) is 0 Å². The van der Waals surface area contributed by atoms with Crippen molar-refractivity contribution in [3.8, 4) is 5.75 Å². The molecular weight excluding hydrogens is 314 g/mol. The van der Waals surface area contributed by atoms with Gasteiger partial charge in [-0.25, -0.2) is 4.79 Å². The number of alkyl halides is 1. The number of nitrogens with zero attached hydrogens (tertiary/aromatic N) is 1. The summed E-state index contributed by atoms with van der Waals surface area (Å²) in [6, 6.07) is 5.07. The zero-order chi connectivity index (χ0) is 16.8. The van der Waals surface area contributed by atoms with Crippen LogP contribution in [-0.4, -0.2) is 41.7 Å². The highest BCUT2D eigenvalue weighted by Gasteiger charge is 2.20. The van der Waals surface area contributed by atoms with Gasteiger partial charge in [0.25, 0.3) is 0 Å². The van der Waals surface area contributed by atoms with Crippen molar-refractivity contribution >= 4 is 17.6 Å². The summed E-state index contributed by atoms with van der Waals surface area (Å²) < 4.78 is 6.13. The Morgan fingerprint density at radius 2 is 2.22 bits per heavy atom. The van der Waals surface area contributed by atoms with Crippen molar-refractivity contribution in [2.45, 2.75) is 45.1 Å². The van der Waals surface area contributed by atoms with Crippen LogP contribution >= 0.6 is 11.6 Å². The standard InChI is InChI=1S/C18H26ClNO3/c1-13(2)11-20-8-4-3-5-16(12-20)23-15-6-7-17(18(21)22)14(9-15)10-19/h6-7,9,13,16H,3-5,8,10-12H2,1-2H3,(H,21,22)/t16-/m1/s1. The Hall–Kier alpha value is -1.26. The minimum atomic E-state index is -0.954. The van der Waals surface area contributed by atoms with E-state index in [9.17, 15) is 4.79 Å². The van der Waals surface area contributed by atoms with Crippen molar-refractivity contribution < 1.29 is 14.6 Å². The molecule has 1 aromatic rings. The van der Waals surface area contributed by atoms with Crippen LogP contribution in [0, 0.1) is 5.92 Å². The Morgan fingerprint density at radius 1 is 1.43 bits per heavy atom. The zero-order valence-corrected chi connectivity index (χ0v) is 14.7. The first-order chi connectivity index (χ1) is 11.0. The summed E-state index contributed by atoms with van der Waals surface area (Å²) >= 11 is 5.87. The summed E-state index contributed by atoms with van der Waals surface area (Å²) in [4.78, 5) is 13.6. The first kappa shape index (κ1) is 18.1. The largest absolute Gasteiger partial charge is 0.489 e. The summed E-state index contributed by atoms with van der Waals surface area (Å²) in [5, 5.41) is 9.16. The molecule has 0 aliphatic carbocycles. The fourth-order valence-corrected chi connectivity index (χ4v) is 3.33. The first-order valence-electron chi connectivity index (χ1n) is 8.30. The van der Waals surface area contributed by atoms with Crippen LogP contribution in [0.5, 0.6) is 5.75 Å². The molecule has 0 saturated carbocycles. The van der Waals surface area contributed by atoms with Gasteiger partial charge in [-0.15, -0.1) is 11.6 Å². The normalized spacial score (nSPS) is 19.6. The fourth-order valence-electron chi connectivity index (χ4n) is 3.11. The highest BCUT2D eigenvalue weighted by molar-refractivity contribution is 6.17. The first-order valence-corrected chi connectivity index (χ1v) is 8.84. The van der Waals surface area contributed by atoms with Gasteiger partial charge >= 0.3 is 5.97 Å². The van der Waals surface area contributed by atoms with Crippen molar-refractivity contribution in [3.05, 3.63) is 29.3 Å². The molecule has 1 N–H and O–H groups in total. The number of rotatable bonds is 6. The number of aromatic carboxylic acids is 1. The van der Waals surface area contributed by atoms with Gasteiger partial charge in [0.1, 0.15) is 11.9 Å². The summed E-state index contributed by atoms with van der Waals surface area (Å²) in [7, 11) is 0. The average molecular weight is 340 g/mol. The van der Waals surface area contributed by atoms with E-state index in [0.717, 1.165) is 32.5 Å². The summed E-state index contributed by atoms with van der Waals surface area (Å²) in [5.74, 6) is 0.571. The van der Waals surface area contributed by atoms with Crippen molar-refractivity contribution in [2.75, 3.05) is 19.6 Å². The maximum atomic E-state index is 11.2. The van der Waals surface area contributed by atoms with Gasteiger partial charge in [-0.1, -0.05) is 13.8 Å². The van der Waals surface area contributed by atoms with Crippen molar-refractivity contribution in [2.24, 2.45) is 5.92 Å². The molecule has 1 saturated heterocycles. The number of likely N-dealkylation sites (tertiary alicyclic amines) is 1. The van der Waals surface area contributed by atoms with E-state index in [-0.39, 0.29) is 17.5 Å². The number of halogens is 1. The third-order valence-electron chi connectivity index (χ3n) is 4.09. The lowest BCUT2D eigenvalue weighted by atomic mass is 10.1. The van der Waals surface area contributed by atoms with E-state index in [0.29, 0.717) is 17.2 Å². The molecule has 1 aliphatic rings. The molecule has 1 aromatic carbocycles. The second-order valence-electron chi connectivity index (χ2n) is 6.65. The van der Waals surface area contributed by atoms with Gasteiger partial charge in [-0.2, -0.15) is 0 Å². The quantitative estimate of drug-likeness (QED) is 0.795. The van der Waals surface area contributed by atoms with Gasteiger partial charge < -0.3 is 9.84 Å². The Balaban J connectivity index is 2.06.